The highest BCUT2D eigenvalue weighted by atomic mass is 16.5. The molecule has 33 heavy (non-hydrogen) atoms. The van der Waals surface area contributed by atoms with Crippen LogP contribution in [0.5, 0.6) is 0 Å². The van der Waals surface area contributed by atoms with Gasteiger partial charge in [0.25, 0.3) is 0 Å². The maximum absolute atomic E-state index is 11.3. The van der Waals surface area contributed by atoms with Gasteiger partial charge in [-0.15, -0.1) is 0 Å². The van der Waals surface area contributed by atoms with Crippen LogP contribution in [0.1, 0.15) is 84.2 Å². The molecule has 7 heteroatoms. The number of nitrogens with zero attached hydrogens (tertiary/aromatic N) is 4. The lowest BCUT2D eigenvalue weighted by Crippen LogP contribution is -2.52. The minimum absolute atomic E-state index is 0.0677. The molecule has 3 aliphatic rings. The van der Waals surface area contributed by atoms with E-state index in [0.29, 0.717) is 18.0 Å². The van der Waals surface area contributed by atoms with Gasteiger partial charge in [0.2, 0.25) is 5.91 Å². The molecule has 7 nitrogen and oxygen atoms in total. The summed E-state index contributed by atoms with van der Waals surface area (Å²) in [5, 5.41) is 3.09. The van der Waals surface area contributed by atoms with E-state index < -0.39 is 0 Å². The molecule has 184 valence electrons. The molecule has 0 bridgehead atoms. The predicted octanol–water partition coefficient (Wildman–Crippen LogP) is 3.48. The van der Waals surface area contributed by atoms with Gasteiger partial charge < -0.3 is 15.0 Å². The van der Waals surface area contributed by atoms with Crippen molar-refractivity contribution in [2.75, 3.05) is 44.3 Å². The van der Waals surface area contributed by atoms with Crippen molar-refractivity contribution in [2.24, 2.45) is 5.92 Å². The number of carbonyl (C=O) groups is 1. The van der Waals surface area contributed by atoms with Gasteiger partial charge in [-0.1, -0.05) is 20.8 Å². The van der Waals surface area contributed by atoms with Crippen LogP contribution in [0.3, 0.4) is 0 Å². The van der Waals surface area contributed by atoms with Crippen molar-refractivity contribution in [3.05, 3.63) is 17.6 Å². The van der Waals surface area contributed by atoms with E-state index in [2.05, 4.69) is 48.9 Å². The normalized spacial score (nSPS) is 27.3. The highest BCUT2D eigenvalue weighted by molar-refractivity contribution is 5.73. The number of aromatic nitrogens is 2. The van der Waals surface area contributed by atoms with E-state index in [-0.39, 0.29) is 11.3 Å². The lowest BCUT2D eigenvalue weighted by Gasteiger charge is -2.41. The van der Waals surface area contributed by atoms with Crippen LogP contribution in [-0.2, 0) is 14.9 Å². The third-order valence-electron chi connectivity index (χ3n) is 7.63. The molecule has 3 fully saturated rings. The van der Waals surface area contributed by atoms with Crippen molar-refractivity contribution < 1.29 is 9.53 Å². The number of amides is 1. The molecule has 0 radical (unpaired) electrons. The van der Waals surface area contributed by atoms with Crippen LogP contribution in [-0.4, -0.2) is 72.3 Å². The first kappa shape index (κ1) is 24.4. The maximum Gasteiger partial charge on any atom is 0.217 e. The Hall–Kier alpha value is -1.73. The molecule has 1 amide bonds. The predicted molar refractivity (Wildman–Crippen MR) is 132 cm³/mol. The highest BCUT2D eigenvalue weighted by Gasteiger charge is 2.30. The van der Waals surface area contributed by atoms with Gasteiger partial charge in [0.05, 0.1) is 18.9 Å². The zero-order valence-corrected chi connectivity index (χ0v) is 21.3. The number of anilines is 1. The van der Waals surface area contributed by atoms with E-state index in [1.807, 2.05) is 0 Å². The summed E-state index contributed by atoms with van der Waals surface area (Å²) in [4.78, 5) is 26.3. The fourth-order valence-corrected chi connectivity index (χ4v) is 5.33. The van der Waals surface area contributed by atoms with E-state index in [4.69, 9.17) is 14.7 Å². The van der Waals surface area contributed by atoms with Gasteiger partial charge in [0.15, 0.2) is 0 Å². The van der Waals surface area contributed by atoms with E-state index in [1.165, 1.54) is 25.8 Å². The Kier molecular flexibility index (Phi) is 7.59. The van der Waals surface area contributed by atoms with Crippen LogP contribution in [0.4, 0.5) is 5.82 Å². The minimum atomic E-state index is -0.0677. The molecule has 1 saturated carbocycles. The Labute approximate surface area is 199 Å². The van der Waals surface area contributed by atoms with E-state index in [0.717, 1.165) is 68.9 Å². The Balaban J connectivity index is 1.31. The van der Waals surface area contributed by atoms with Crippen LogP contribution in [0.25, 0.3) is 0 Å². The van der Waals surface area contributed by atoms with E-state index in [1.54, 1.807) is 6.92 Å². The smallest absolute Gasteiger partial charge is 0.217 e. The van der Waals surface area contributed by atoms with Crippen molar-refractivity contribution >= 4 is 11.7 Å². The monoisotopic (exact) mass is 457 g/mol. The highest BCUT2D eigenvalue weighted by Crippen LogP contribution is 2.30. The zero-order chi connectivity index (χ0) is 23.6. The molecule has 1 aromatic rings. The molecular weight excluding hydrogens is 414 g/mol. The average molecular weight is 458 g/mol. The Bertz CT molecular complexity index is 811. The van der Waals surface area contributed by atoms with E-state index >= 15 is 0 Å². The second-order valence-corrected chi connectivity index (χ2v) is 11.5. The van der Waals surface area contributed by atoms with E-state index in [9.17, 15) is 4.79 Å². The molecule has 0 aromatic carbocycles. The summed E-state index contributed by atoms with van der Waals surface area (Å²) < 4.78 is 5.43. The standard InChI is InChI=1S/C26H43N5O2/c1-18-15-31(24-14-23(21-16-33-17-21)28-25(29-24)26(3,4)5)13-12-30(18)11-10-20-6-8-22(9-7-20)27-19(2)32/h14,18,20-22H,6-13,15-17H2,1-5H3,(H,27,32). The molecular formula is C26H43N5O2. The van der Waals surface area contributed by atoms with Crippen molar-refractivity contribution in [1.82, 2.24) is 20.2 Å². The van der Waals surface area contributed by atoms with Gasteiger partial charge >= 0.3 is 0 Å². The second-order valence-electron chi connectivity index (χ2n) is 11.5. The van der Waals surface area contributed by atoms with Gasteiger partial charge in [-0.05, 0) is 51.5 Å². The number of piperazine rings is 1. The number of carbonyl (C=O) groups excluding carboxylic acids is 1. The Morgan fingerprint density at radius 2 is 1.88 bits per heavy atom. The summed E-state index contributed by atoms with van der Waals surface area (Å²) in [6.07, 6.45) is 6.01. The summed E-state index contributed by atoms with van der Waals surface area (Å²) in [6, 6.07) is 3.11. The van der Waals surface area contributed by atoms with Crippen molar-refractivity contribution in [2.45, 2.75) is 90.1 Å². The second kappa shape index (κ2) is 10.3. The van der Waals surface area contributed by atoms with Crippen LogP contribution in [0, 0.1) is 5.92 Å². The van der Waals surface area contributed by atoms with Crippen molar-refractivity contribution in [3.8, 4) is 0 Å². The van der Waals surface area contributed by atoms with Crippen LogP contribution < -0.4 is 10.2 Å². The molecule has 1 atom stereocenters. The van der Waals surface area contributed by atoms with Crippen molar-refractivity contribution in [3.63, 3.8) is 0 Å². The molecule has 2 aliphatic heterocycles. The summed E-state index contributed by atoms with van der Waals surface area (Å²) in [7, 11) is 0. The SMILES string of the molecule is CC(=O)NC1CCC(CCN2CCN(c3cc(C4COC4)nc(C(C)(C)C)n3)CC2C)CC1. The number of hydrogen-bond acceptors (Lipinski definition) is 6. The Morgan fingerprint density at radius 1 is 1.15 bits per heavy atom. The third kappa shape index (κ3) is 6.24. The summed E-state index contributed by atoms with van der Waals surface area (Å²) >= 11 is 0. The number of ether oxygens (including phenoxy) is 1. The topological polar surface area (TPSA) is 70.6 Å². The van der Waals surface area contributed by atoms with Crippen molar-refractivity contribution in [1.29, 1.82) is 0 Å². The molecule has 1 N–H and O–H groups in total. The van der Waals surface area contributed by atoms with Gasteiger partial charge in [0.1, 0.15) is 11.6 Å². The Morgan fingerprint density at radius 3 is 2.45 bits per heavy atom. The molecule has 1 aromatic heterocycles. The van der Waals surface area contributed by atoms with Crippen LogP contribution in [0.2, 0.25) is 0 Å². The minimum Gasteiger partial charge on any atom is -0.380 e. The molecule has 1 unspecified atom stereocenters. The third-order valence-corrected chi connectivity index (χ3v) is 7.63. The van der Waals surface area contributed by atoms with Gasteiger partial charge in [0, 0.05) is 56.0 Å². The average Bonchev–Trinajstić information content (AvgIpc) is 2.71. The fourth-order valence-electron chi connectivity index (χ4n) is 5.33. The fraction of sp³-hybridized carbons (Fsp3) is 0.808. The molecule has 1 aliphatic carbocycles. The van der Waals surface area contributed by atoms with Crippen LogP contribution >= 0.6 is 0 Å². The lowest BCUT2D eigenvalue weighted by atomic mass is 9.84. The van der Waals surface area contributed by atoms with Gasteiger partial charge in [-0.2, -0.15) is 0 Å². The number of nitrogens with one attached hydrogen (secondary N) is 1. The molecule has 2 saturated heterocycles. The first-order valence-electron chi connectivity index (χ1n) is 12.9. The molecule has 0 spiro atoms. The summed E-state index contributed by atoms with van der Waals surface area (Å²) in [5.74, 6) is 3.33. The quantitative estimate of drug-likeness (QED) is 0.705. The number of rotatable bonds is 6. The lowest BCUT2D eigenvalue weighted by molar-refractivity contribution is -0.119. The maximum atomic E-state index is 11.3. The van der Waals surface area contributed by atoms with Gasteiger partial charge in [-0.3, -0.25) is 9.69 Å². The molecule has 3 heterocycles. The van der Waals surface area contributed by atoms with Crippen LogP contribution in [0.15, 0.2) is 6.07 Å². The first-order valence-corrected chi connectivity index (χ1v) is 12.9. The summed E-state index contributed by atoms with van der Waals surface area (Å²) in [6.45, 7) is 16.4. The van der Waals surface area contributed by atoms with Gasteiger partial charge in [-0.25, -0.2) is 9.97 Å². The largest absolute Gasteiger partial charge is 0.380 e. The zero-order valence-electron chi connectivity index (χ0n) is 21.3. The molecule has 4 rings (SSSR count). The first-order chi connectivity index (χ1) is 15.7. The summed E-state index contributed by atoms with van der Waals surface area (Å²) in [5.41, 5.74) is 1.07. The number of hydrogen-bond donors (Lipinski definition) is 1.